The highest BCUT2D eigenvalue weighted by Gasteiger charge is 2.18. The lowest BCUT2D eigenvalue weighted by Gasteiger charge is -2.14. The Kier molecular flexibility index (Phi) is 4.03. The fraction of sp³-hybridized carbons (Fsp3) is 0.500. The van der Waals surface area contributed by atoms with Crippen LogP contribution in [0.1, 0.15) is 25.7 Å². The summed E-state index contributed by atoms with van der Waals surface area (Å²) in [5.74, 6) is -0.724. The molecule has 0 atom stereocenters. The van der Waals surface area contributed by atoms with E-state index >= 15 is 0 Å². The number of hydrogen-bond acceptors (Lipinski definition) is 3. The van der Waals surface area contributed by atoms with Crippen LogP contribution in [0.15, 0.2) is 12.2 Å². The molecule has 0 bridgehead atoms. The summed E-state index contributed by atoms with van der Waals surface area (Å²) in [4.78, 5) is 22.8. The highest BCUT2D eigenvalue weighted by atomic mass is 16.4. The number of carbonyl (C=O) groups excluding carboxylic acids is 1. The first-order valence-corrected chi connectivity index (χ1v) is 4.91. The number of amidine groups is 1. The standard InChI is InChI=1S/C10H14N2O3/c11-8-5-6-9(13)12(8)7-3-1-2-4-10(14)15/h5-6,11H,1-4,7H2,(H,14,15). The van der Waals surface area contributed by atoms with Crippen LogP contribution in [-0.4, -0.2) is 34.3 Å². The predicted octanol–water partition coefficient (Wildman–Crippen LogP) is 1.01. The molecule has 0 aromatic heterocycles. The summed E-state index contributed by atoms with van der Waals surface area (Å²) < 4.78 is 0. The molecule has 0 aromatic carbocycles. The van der Waals surface area contributed by atoms with Gasteiger partial charge in [-0.2, -0.15) is 0 Å². The van der Waals surface area contributed by atoms with Gasteiger partial charge in [-0.3, -0.25) is 19.9 Å². The molecule has 82 valence electrons. The van der Waals surface area contributed by atoms with Crippen molar-refractivity contribution in [1.82, 2.24) is 4.90 Å². The third-order valence-corrected chi connectivity index (χ3v) is 2.21. The first-order valence-electron chi connectivity index (χ1n) is 4.91. The lowest BCUT2D eigenvalue weighted by molar-refractivity contribution is -0.137. The second-order valence-electron chi connectivity index (χ2n) is 3.41. The molecule has 1 amide bonds. The molecular formula is C10H14N2O3. The van der Waals surface area contributed by atoms with Crippen molar-refractivity contribution in [3.63, 3.8) is 0 Å². The van der Waals surface area contributed by atoms with Crippen LogP contribution in [0, 0.1) is 5.41 Å². The van der Waals surface area contributed by atoms with Crippen LogP contribution in [0.3, 0.4) is 0 Å². The van der Waals surface area contributed by atoms with Crippen LogP contribution in [0.5, 0.6) is 0 Å². The van der Waals surface area contributed by atoms with Gasteiger partial charge in [0.15, 0.2) is 0 Å². The minimum absolute atomic E-state index is 0.154. The quantitative estimate of drug-likeness (QED) is 0.642. The second kappa shape index (κ2) is 5.29. The SMILES string of the molecule is N=C1C=CC(=O)N1CCCCCC(=O)O. The number of carbonyl (C=O) groups is 2. The number of amides is 1. The number of aliphatic carboxylic acids is 1. The molecule has 0 saturated carbocycles. The first-order chi connectivity index (χ1) is 7.11. The van der Waals surface area contributed by atoms with Gasteiger partial charge in [-0.25, -0.2) is 0 Å². The van der Waals surface area contributed by atoms with Gasteiger partial charge >= 0.3 is 5.97 Å². The average Bonchev–Trinajstić information content (AvgIpc) is 2.47. The van der Waals surface area contributed by atoms with Gasteiger partial charge in [0, 0.05) is 19.0 Å². The number of carboxylic acids is 1. The number of rotatable bonds is 6. The molecule has 0 radical (unpaired) electrons. The molecule has 5 heteroatoms. The zero-order valence-corrected chi connectivity index (χ0v) is 8.40. The van der Waals surface area contributed by atoms with Gasteiger partial charge in [-0.15, -0.1) is 0 Å². The fourth-order valence-corrected chi connectivity index (χ4v) is 1.40. The molecule has 0 aromatic rings. The van der Waals surface area contributed by atoms with Crippen LogP contribution in [0.25, 0.3) is 0 Å². The minimum atomic E-state index is -0.790. The highest BCUT2D eigenvalue weighted by molar-refractivity contribution is 6.14. The largest absolute Gasteiger partial charge is 0.481 e. The van der Waals surface area contributed by atoms with E-state index in [4.69, 9.17) is 10.5 Å². The van der Waals surface area contributed by atoms with E-state index in [2.05, 4.69) is 0 Å². The molecule has 0 spiro atoms. The van der Waals surface area contributed by atoms with Crippen LogP contribution >= 0.6 is 0 Å². The molecule has 1 aliphatic heterocycles. The van der Waals surface area contributed by atoms with E-state index in [0.717, 1.165) is 12.8 Å². The maximum atomic E-state index is 11.2. The number of nitrogens with one attached hydrogen (secondary N) is 1. The Balaban J connectivity index is 2.13. The molecule has 0 saturated heterocycles. The molecule has 1 heterocycles. The van der Waals surface area contributed by atoms with Crippen LogP contribution in [-0.2, 0) is 9.59 Å². The summed E-state index contributed by atoms with van der Waals surface area (Å²) in [6.07, 6.45) is 5.15. The Hall–Kier alpha value is -1.65. The Labute approximate surface area is 87.9 Å². The van der Waals surface area contributed by atoms with Gasteiger partial charge in [-0.1, -0.05) is 6.42 Å². The maximum absolute atomic E-state index is 11.2. The number of nitrogens with zero attached hydrogens (tertiary/aromatic N) is 1. The van der Waals surface area contributed by atoms with Crippen molar-refractivity contribution in [2.45, 2.75) is 25.7 Å². The van der Waals surface area contributed by atoms with Gasteiger partial charge in [0.2, 0.25) is 0 Å². The molecule has 1 aliphatic rings. The monoisotopic (exact) mass is 210 g/mol. The van der Waals surface area contributed by atoms with Crippen molar-refractivity contribution in [2.75, 3.05) is 6.54 Å². The predicted molar refractivity (Wildman–Crippen MR) is 54.7 cm³/mol. The van der Waals surface area contributed by atoms with Gasteiger partial charge in [0.1, 0.15) is 5.84 Å². The van der Waals surface area contributed by atoms with Crippen molar-refractivity contribution >= 4 is 17.7 Å². The fourth-order valence-electron chi connectivity index (χ4n) is 1.40. The normalized spacial score (nSPS) is 15.1. The van der Waals surface area contributed by atoms with Crippen molar-refractivity contribution in [3.8, 4) is 0 Å². The molecular weight excluding hydrogens is 196 g/mol. The smallest absolute Gasteiger partial charge is 0.303 e. The molecule has 2 N–H and O–H groups in total. The van der Waals surface area contributed by atoms with Crippen LogP contribution in [0.2, 0.25) is 0 Å². The van der Waals surface area contributed by atoms with Gasteiger partial charge in [0.25, 0.3) is 5.91 Å². The average molecular weight is 210 g/mol. The van der Waals surface area contributed by atoms with E-state index in [1.165, 1.54) is 17.1 Å². The number of unbranched alkanes of at least 4 members (excludes halogenated alkanes) is 2. The summed E-state index contributed by atoms with van der Waals surface area (Å²) in [7, 11) is 0. The molecule has 0 fully saturated rings. The van der Waals surface area contributed by atoms with E-state index in [0.29, 0.717) is 13.0 Å². The lowest BCUT2D eigenvalue weighted by atomic mass is 10.2. The van der Waals surface area contributed by atoms with Crippen molar-refractivity contribution < 1.29 is 14.7 Å². The van der Waals surface area contributed by atoms with E-state index in [-0.39, 0.29) is 18.2 Å². The van der Waals surface area contributed by atoms with E-state index in [9.17, 15) is 9.59 Å². The summed E-state index contributed by atoms with van der Waals surface area (Å²) >= 11 is 0. The zero-order valence-electron chi connectivity index (χ0n) is 8.40. The summed E-state index contributed by atoms with van der Waals surface area (Å²) in [6.45, 7) is 0.504. The number of hydrogen-bond donors (Lipinski definition) is 2. The summed E-state index contributed by atoms with van der Waals surface area (Å²) in [5.41, 5.74) is 0. The molecule has 0 unspecified atom stereocenters. The Morgan fingerprint density at radius 1 is 1.33 bits per heavy atom. The second-order valence-corrected chi connectivity index (χ2v) is 3.41. The Morgan fingerprint density at radius 2 is 2.07 bits per heavy atom. The third-order valence-electron chi connectivity index (χ3n) is 2.21. The van der Waals surface area contributed by atoms with Crippen LogP contribution < -0.4 is 0 Å². The summed E-state index contributed by atoms with van der Waals surface area (Å²) in [6, 6.07) is 0. The maximum Gasteiger partial charge on any atom is 0.303 e. The van der Waals surface area contributed by atoms with E-state index in [1.54, 1.807) is 0 Å². The molecule has 1 rings (SSSR count). The Bertz CT molecular complexity index is 292. The van der Waals surface area contributed by atoms with Gasteiger partial charge < -0.3 is 5.11 Å². The molecule has 0 aliphatic carbocycles. The Morgan fingerprint density at radius 3 is 2.60 bits per heavy atom. The van der Waals surface area contributed by atoms with Gasteiger partial charge in [0.05, 0.1) is 0 Å². The summed E-state index contributed by atoms with van der Waals surface area (Å²) in [5, 5.41) is 15.8. The minimum Gasteiger partial charge on any atom is -0.481 e. The number of carboxylic acid groups (broad SMARTS) is 1. The van der Waals surface area contributed by atoms with E-state index in [1.807, 2.05) is 0 Å². The highest BCUT2D eigenvalue weighted by Crippen LogP contribution is 2.07. The third kappa shape index (κ3) is 3.53. The molecule has 15 heavy (non-hydrogen) atoms. The van der Waals surface area contributed by atoms with Crippen molar-refractivity contribution in [1.29, 1.82) is 5.41 Å². The topological polar surface area (TPSA) is 81.5 Å². The molecule has 5 nitrogen and oxygen atoms in total. The zero-order chi connectivity index (χ0) is 11.3. The van der Waals surface area contributed by atoms with Gasteiger partial charge in [-0.05, 0) is 18.9 Å². The van der Waals surface area contributed by atoms with E-state index < -0.39 is 5.97 Å². The van der Waals surface area contributed by atoms with Crippen LogP contribution in [0.4, 0.5) is 0 Å². The van der Waals surface area contributed by atoms with Crippen molar-refractivity contribution in [2.24, 2.45) is 0 Å². The first kappa shape index (κ1) is 11.4. The van der Waals surface area contributed by atoms with Crippen molar-refractivity contribution in [3.05, 3.63) is 12.2 Å². The lowest BCUT2D eigenvalue weighted by Crippen LogP contribution is -2.30.